The van der Waals surface area contributed by atoms with Crippen LogP contribution in [0.3, 0.4) is 0 Å². The van der Waals surface area contributed by atoms with Crippen molar-refractivity contribution in [2.24, 2.45) is 13.0 Å². The van der Waals surface area contributed by atoms with E-state index < -0.39 is 29.7 Å². The second-order valence-corrected chi connectivity index (χ2v) is 16.4. The van der Waals surface area contributed by atoms with Crippen molar-refractivity contribution in [3.05, 3.63) is 87.7 Å². The van der Waals surface area contributed by atoms with Crippen LogP contribution in [0.5, 0.6) is 0 Å². The van der Waals surface area contributed by atoms with E-state index in [0.29, 0.717) is 23.9 Å². The van der Waals surface area contributed by atoms with Crippen molar-refractivity contribution >= 4 is 45.3 Å². The molecular weight excluding hydrogens is 738 g/mol. The van der Waals surface area contributed by atoms with Crippen LogP contribution in [0.25, 0.3) is 21.9 Å². The van der Waals surface area contributed by atoms with E-state index in [1.807, 2.05) is 30.5 Å². The summed E-state index contributed by atoms with van der Waals surface area (Å²) in [6, 6.07) is 12.8. The van der Waals surface area contributed by atoms with Crippen LogP contribution in [0.15, 0.2) is 59.5 Å². The van der Waals surface area contributed by atoms with Gasteiger partial charge in [0.1, 0.15) is 17.4 Å². The fourth-order valence-corrected chi connectivity index (χ4v) is 9.45. The van der Waals surface area contributed by atoms with E-state index in [4.69, 9.17) is 5.10 Å². The number of alkyl halides is 3. The number of para-hydroxylation sites is 1. The molecule has 4 fully saturated rings. The lowest BCUT2D eigenvalue weighted by molar-refractivity contribution is -0.141. The van der Waals surface area contributed by atoms with Crippen molar-refractivity contribution < 1.29 is 27.6 Å². The van der Waals surface area contributed by atoms with Gasteiger partial charge in [-0.2, -0.15) is 18.3 Å². The van der Waals surface area contributed by atoms with Crippen LogP contribution in [0, 0.1) is 5.92 Å². The summed E-state index contributed by atoms with van der Waals surface area (Å²) in [5, 5.41) is 11.1. The standard InChI is InChI=1S/C42H45F3N8O4/c1-50-38-29(4-2-6-34(38)53(41(50)57)35-14-15-37(54)48-40(35)56)26-16-18-51(19-17-26)22-24-8-12-28(13-9-24)52-23-27-20-33(30(25-10-11-25)21-32(27)49-52)47-39(55)31-5-3-7-36(46-31)42(43,44)45/h2-7,20-21,23-26,28,35H,8-19,22H2,1H3,(H,47,55)(H,48,54,56)/t24-,28-,35?. The molecule has 0 bridgehead atoms. The molecule has 4 aliphatic rings. The number of hydrogen-bond donors (Lipinski definition) is 2. The zero-order valence-corrected chi connectivity index (χ0v) is 31.7. The van der Waals surface area contributed by atoms with Gasteiger partial charge in [0.15, 0.2) is 0 Å². The lowest BCUT2D eigenvalue weighted by Crippen LogP contribution is -2.44. The number of nitrogens with zero attached hydrogens (tertiary/aromatic N) is 6. The largest absolute Gasteiger partial charge is 0.433 e. The number of aryl methyl sites for hydroxylation is 1. The Hall–Kier alpha value is -5.31. The number of likely N-dealkylation sites (tertiary alicyclic amines) is 1. The van der Waals surface area contributed by atoms with Gasteiger partial charge in [-0.1, -0.05) is 18.2 Å². The number of amides is 3. The number of piperidine rings is 2. The van der Waals surface area contributed by atoms with Crippen molar-refractivity contribution in [2.45, 2.75) is 94.3 Å². The number of carbonyl (C=O) groups is 3. The topological polar surface area (TPSA) is 136 Å². The second-order valence-electron chi connectivity index (χ2n) is 16.4. The van der Waals surface area contributed by atoms with Gasteiger partial charge in [-0.3, -0.25) is 33.5 Å². The number of fused-ring (bicyclic) bond motifs is 2. The average molecular weight is 783 g/mol. The lowest BCUT2D eigenvalue weighted by atomic mass is 9.84. The highest BCUT2D eigenvalue weighted by atomic mass is 19.4. The molecule has 2 aliphatic heterocycles. The normalized spacial score (nSPS) is 22.6. The third kappa shape index (κ3) is 7.26. The molecule has 2 aliphatic carbocycles. The highest BCUT2D eigenvalue weighted by molar-refractivity contribution is 6.04. The SMILES string of the molecule is Cn1c(=O)n(C2CCC(=O)NC2=O)c2cccc(C3CCN(C[C@H]4CC[C@H](n5cc6cc(NC(=O)c7cccc(C(F)(F)F)n7)c(C7CC7)cc6n5)CC4)CC3)c21. The van der Waals surface area contributed by atoms with Crippen molar-refractivity contribution in [2.75, 3.05) is 25.0 Å². The Morgan fingerprint density at radius 3 is 2.35 bits per heavy atom. The number of halogens is 3. The van der Waals surface area contributed by atoms with Gasteiger partial charge in [-0.25, -0.2) is 9.78 Å². The third-order valence-corrected chi connectivity index (χ3v) is 12.6. The van der Waals surface area contributed by atoms with E-state index in [1.165, 1.54) is 12.1 Å². The Labute approximate surface area is 326 Å². The monoisotopic (exact) mass is 782 g/mol. The van der Waals surface area contributed by atoms with Crippen molar-refractivity contribution in [1.82, 2.24) is 34.1 Å². The molecule has 5 aromatic rings. The van der Waals surface area contributed by atoms with Gasteiger partial charge in [0.2, 0.25) is 11.8 Å². The molecule has 57 heavy (non-hydrogen) atoms. The number of hydrogen-bond acceptors (Lipinski definition) is 7. The molecule has 2 aromatic carbocycles. The molecule has 3 amide bonds. The van der Waals surface area contributed by atoms with Crippen LogP contribution in [0.1, 0.15) is 115 Å². The number of nitrogens with one attached hydrogen (secondary N) is 2. The average Bonchev–Trinajstić information content (AvgIpc) is 3.91. The first kappa shape index (κ1) is 37.3. The van der Waals surface area contributed by atoms with Gasteiger partial charge in [0, 0.05) is 37.3 Å². The molecule has 2 saturated carbocycles. The van der Waals surface area contributed by atoms with E-state index in [0.717, 1.165) is 110 Å². The molecule has 5 heterocycles. The number of imidazole rings is 1. The Bertz CT molecular complexity index is 2450. The molecule has 2 saturated heterocycles. The van der Waals surface area contributed by atoms with E-state index >= 15 is 0 Å². The molecule has 9 rings (SSSR count). The summed E-state index contributed by atoms with van der Waals surface area (Å²) in [7, 11) is 1.77. The molecule has 12 nitrogen and oxygen atoms in total. The summed E-state index contributed by atoms with van der Waals surface area (Å²) in [6.45, 7) is 2.99. The molecule has 1 unspecified atom stereocenters. The molecule has 3 aromatic heterocycles. The number of aromatic nitrogens is 5. The number of carbonyl (C=O) groups excluding carboxylic acids is 3. The van der Waals surface area contributed by atoms with Gasteiger partial charge in [-0.05, 0) is 130 Å². The summed E-state index contributed by atoms with van der Waals surface area (Å²) in [5.74, 6) is -0.249. The van der Waals surface area contributed by atoms with Gasteiger partial charge in [-0.15, -0.1) is 0 Å². The Morgan fingerprint density at radius 1 is 0.895 bits per heavy atom. The van der Waals surface area contributed by atoms with E-state index in [1.54, 1.807) is 16.2 Å². The first-order valence-corrected chi connectivity index (χ1v) is 20.1. The van der Waals surface area contributed by atoms with Gasteiger partial charge >= 0.3 is 11.9 Å². The summed E-state index contributed by atoms with van der Waals surface area (Å²) in [6.07, 6.45) is 6.03. The Morgan fingerprint density at radius 2 is 1.63 bits per heavy atom. The lowest BCUT2D eigenvalue weighted by Gasteiger charge is -2.37. The second kappa shape index (κ2) is 14.6. The number of pyridine rings is 1. The van der Waals surface area contributed by atoms with Crippen LogP contribution in [0.2, 0.25) is 0 Å². The highest BCUT2D eigenvalue weighted by Gasteiger charge is 2.35. The first-order valence-electron chi connectivity index (χ1n) is 20.1. The maximum Gasteiger partial charge on any atom is 0.433 e. The first-order chi connectivity index (χ1) is 27.4. The van der Waals surface area contributed by atoms with Crippen LogP contribution in [0.4, 0.5) is 18.9 Å². The van der Waals surface area contributed by atoms with Gasteiger partial charge < -0.3 is 10.2 Å². The minimum absolute atomic E-state index is 0.210. The Balaban J connectivity index is 0.822. The molecule has 0 spiro atoms. The zero-order chi connectivity index (χ0) is 39.6. The minimum Gasteiger partial charge on any atom is -0.320 e. The maximum atomic E-state index is 13.5. The van der Waals surface area contributed by atoms with Crippen molar-refractivity contribution in [3.63, 3.8) is 0 Å². The molecule has 15 heteroatoms. The maximum absolute atomic E-state index is 13.5. The third-order valence-electron chi connectivity index (χ3n) is 12.6. The van der Waals surface area contributed by atoms with Crippen molar-refractivity contribution in [1.29, 1.82) is 0 Å². The number of anilines is 1. The fraction of sp³-hybridized carbons (Fsp3) is 0.476. The van der Waals surface area contributed by atoms with E-state index in [9.17, 15) is 32.3 Å². The fourth-order valence-electron chi connectivity index (χ4n) is 9.45. The van der Waals surface area contributed by atoms with Crippen LogP contribution in [-0.4, -0.2) is 66.2 Å². The predicted molar refractivity (Wildman–Crippen MR) is 207 cm³/mol. The smallest absolute Gasteiger partial charge is 0.320 e. The summed E-state index contributed by atoms with van der Waals surface area (Å²) < 4.78 is 45.0. The number of imide groups is 1. The zero-order valence-electron chi connectivity index (χ0n) is 31.7. The molecule has 0 radical (unpaired) electrons. The minimum atomic E-state index is -4.64. The number of benzene rings is 2. The molecular formula is C42H45F3N8O4. The molecule has 1 atom stereocenters. The van der Waals surface area contributed by atoms with Crippen LogP contribution < -0.4 is 16.3 Å². The van der Waals surface area contributed by atoms with Crippen LogP contribution in [-0.2, 0) is 22.8 Å². The number of rotatable bonds is 8. The molecule has 298 valence electrons. The summed E-state index contributed by atoms with van der Waals surface area (Å²) >= 11 is 0. The quantitative estimate of drug-likeness (QED) is 0.165. The Kier molecular flexibility index (Phi) is 9.53. The van der Waals surface area contributed by atoms with E-state index in [2.05, 4.69) is 31.3 Å². The van der Waals surface area contributed by atoms with Gasteiger partial charge in [0.25, 0.3) is 5.91 Å². The van der Waals surface area contributed by atoms with Crippen LogP contribution >= 0.6 is 0 Å². The molecule has 2 N–H and O–H groups in total. The summed E-state index contributed by atoms with van der Waals surface area (Å²) in [5.41, 5.74) is 3.50. The van der Waals surface area contributed by atoms with E-state index in [-0.39, 0.29) is 35.7 Å². The summed E-state index contributed by atoms with van der Waals surface area (Å²) in [4.78, 5) is 57.2. The van der Waals surface area contributed by atoms with Crippen molar-refractivity contribution in [3.8, 4) is 0 Å². The predicted octanol–water partition coefficient (Wildman–Crippen LogP) is 6.82. The van der Waals surface area contributed by atoms with Gasteiger partial charge in [0.05, 0.1) is 22.6 Å². The highest BCUT2D eigenvalue weighted by Crippen LogP contribution is 2.45.